The molecule has 2 aliphatic rings. The molecule has 0 spiro atoms. The zero-order valence-electron chi connectivity index (χ0n) is 21.0. The number of rotatable bonds is 6. The lowest BCUT2D eigenvalue weighted by atomic mass is 10.1. The molecule has 0 saturated carbocycles. The minimum absolute atomic E-state index is 0.0212. The Balaban J connectivity index is 1.09. The SMILES string of the molecule is NC(=O)c1cccc2[nH]c(-c3ccc(C(=O)N4CCN(c5nccc(C(=O)NC6COC6)n5)CC4)cc3)nc12. The average molecular weight is 527 g/mol. The summed E-state index contributed by atoms with van der Waals surface area (Å²) >= 11 is 0. The Morgan fingerprint density at radius 3 is 2.44 bits per heavy atom. The minimum Gasteiger partial charge on any atom is -0.377 e. The van der Waals surface area contributed by atoms with Crippen molar-refractivity contribution in [1.82, 2.24) is 30.2 Å². The predicted octanol–water partition coefficient (Wildman–Crippen LogP) is 1.21. The van der Waals surface area contributed by atoms with Crippen molar-refractivity contribution in [3.63, 3.8) is 0 Å². The number of ether oxygens (including phenoxy) is 1. The van der Waals surface area contributed by atoms with Crippen LogP contribution >= 0.6 is 0 Å². The number of anilines is 1. The standard InChI is InChI=1S/C27H26N8O4/c28-23(36)19-2-1-3-20-22(19)33-24(31-20)16-4-6-17(7-5-16)26(38)34-10-12-35(13-11-34)27-29-9-8-21(32-27)25(37)30-18-14-39-15-18/h1-9,18H,10-15H2,(H2,28,36)(H,30,37)(H,31,33). The predicted molar refractivity (Wildman–Crippen MR) is 142 cm³/mol. The van der Waals surface area contributed by atoms with E-state index in [4.69, 9.17) is 10.5 Å². The molecule has 198 valence electrons. The van der Waals surface area contributed by atoms with Crippen LogP contribution in [0.1, 0.15) is 31.2 Å². The van der Waals surface area contributed by atoms with Gasteiger partial charge in [-0.3, -0.25) is 14.4 Å². The van der Waals surface area contributed by atoms with Gasteiger partial charge in [0.2, 0.25) is 5.95 Å². The summed E-state index contributed by atoms with van der Waals surface area (Å²) in [6, 6.07) is 14.0. The molecule has 3 amide bonds. The van der Waals surface area contributed by atoms with Crippen molar-refractivity contribution in [3.05, 3.63) is 71.5 Å². The fourth-order valence-electron chi connectivity index (χ4n) is 4.64. The number of nitrogens with zero attached hydrogens (tertiary/aromatic N) is 5. The molecule has 12 nitrogen and oxygen atoms in total. The topological polar surface area (TPSA) is 159 Å². The largest absolute Gasteiger partial charge is 0.377 e. The summed E-state index contributed by atoms with van der Waals surface area (Å²) in [4.78, 5) is 57.6. The van der Waals surface area contributed by atoms with Crippen LogP contribution in [0, 0.1) is 0 Å². The van der Waals surface area contributed by atoms with Gasteiger partial charge in [0.15, 0.2) is 0 Å². The number of fused-ring (bicyclic) bond motifs is 1. The van der Waals surface area contributed by atoms with Gasteiger partial charge in [0.1, 0.15) is 17.0 Å². The van der Waals surface area contributed by atoms with Gasteiger partial charge >= 0.3 is 0 Å². The third-order valence-corrected chi connectivity index (χ3v) is 6.88. The molecule has 4 aromatic rings. The molecule has 0 atom stereocenters. The molecule has 0 unspecified atom stereocenters. The summed E-state index contributed by atoms with van der Waals surface area (Å²) in [7, 11) is 0. The Kier molecular flexibility index (Phi) is 6.37. The van der Waals surface area contributed by atoms with E-state index < -0.39 is 5.91 Å². The fourth-order valence-corrected chi connectivity index (χ4v) is 4.64. The smallest absolute Gasteiger partial charge is 0.270 e. The maximum atomic E-state index is 13.2. The number of nitrogens with two attached hydrogens (primary N) is 1. The lowest BCUT2D eigenvalue weighted by Crippen LogP contribution is -2.50. The van der Waals surface area contributed by atoms with Crippen molar-refractivity contribution in [2.75, 3.05) is 44.3 Å². The first-order valence-electron chi connectivity index (χ1n) is 12.6. The number of benzene rings is 2. The second-order valence-corrected chi connectivity index (χ2v) is 9.46. The minimum atomic E-state index is -0.538. The molecule has 39 heavy (non-hydrogen) atoms. The quantitative estimate of drug-likeness (QED) is 0.338. The van der Waals surface area contributed by atoms with Gasteiger partial charge in [0.05, 0.1) is 30.3 Å². The number of hydrogen-bond acceptors (Lipinski definition) is 8. The Morgan fingerprint density at radius 1 is 0.974 bits per heavy atom. The van der Waals surface area contributed by atoms with E-state index in [0.717, 1.165) is 5.56 Å². The maximum Gasteiger partial charge on any atom is 0.270 e. The molecule has 2 aromatic heterocycles. The molecule has 12 heteroatoms. The van der Waals surface area contributed by atoms with Crippen molar-refractivity contribution in [1.29, 1.82) is 0 Å². The molecule has 4 N–H and O–H groups in total. The number of piperazine rings is 1. The zero-order chi connectivity index (χ0) is 26.9. The van der Waals surface area contributed by atoms with Crippen LogP contribution in [-0.4, -0.2) is 88.0 Å². The highest BCUT2D eigenvalue weighted by molar-refractivity contribution is 6.04. The van der Waals surface area contributed by atoms with Crippen LogP contribution in [-0.2, 0) is 4.74 Å². The van der Waals surface area contributed by atoms with Gasteiger partial charge in [-0.15, -0.1) is 0 Å². The van der Waals surface area contributed by atoms with E-state index in [2.05, 4.69) is 25.3 Å². The molecule has 2 aromatic carbocycles. The average Bonchev–Trinajstić information content (AvgIpc) is 3.39. The van der Waals surface area contributed by atoms with Crippen LogP contribution in [0.5, 0.6) is 0 Å². The van der Waals surface area contributed by atoms with E-state index in [0.29, 0.717) is 79.0 Å². The summed E-state index contributed by atoms with van der Waals surface area (Å²) in [5, 5.41) is 2.88. The summed E-state index contributed by atoms with van der Waals surface area (Å²) in [6.07, 6.45) is 1.57. The van der Waals surface area contributed by atoms with Gasteiger partial charge in [0.25, 0.3) is 17.7 Å². The zero-order valence-corrected chi connectivity index (χ0v) is 21.0. The Bertz CT molecular complexity index is 1560. The molecule has 4 heterocycles. The molecule has 0 aliphatic carbocycles. The first-order valence-corrected chi connectivity index (χ1v) is 12.6. The first kappa shape index (κ1) is 24.5. The number of H-pyrrole nitrogens is 1. The van der Waals surface area contributed by atoms with E-state index in [1.165, 1.54) is 0 Å². The number of amides is 3. The van der Waals surface area contributed by atoms with Gasteiger partial charge < -0.3 is 30.6 Å². The van der Waals surface area contributed by atoms with E-state index >= 15 is 0 Å². The number of carbonyl (C=O) groups is 3. The number of aromatic nitrogens is 4. The number of para-hydroxylation sites is 1. The molecular weight excluding hydrogens is 500 g/mol. The van der Waals surface area contributed by atoms with Crippen LogP contribution in [0.3, 0.4) is 0 Å². The van der Waals surface area contributed by atoms with Crippen molar-refractivity contribution in [3.8, 4) is 11.4 Å². The van der Waals surface area contributed by atoms with Gasteiger partial charge in [-0.2, -0.15) is 0 Å². The lowest BCUT2D eigenvalue weighted by Gasteiger charge is -2.35. The maximum absolute atomic E-state index is 13.2. The fraction of sp³-hybridized carbons (Fsp3) is 0.259. The normalized spacial score (nSPS) is 15.7. The van der Waals surface area contributed by atoms with Crippen LogP contribution in [0.4, 0.5) is 5.95 Å². The summed E-state index contributed by atoms with van der Waals surface area (Å²) < 4.78 is 5.09. The first-order chi connectivity index (χ1) is 19.0. The van der Waals surface area contributed by atoms with Crippen LogP contribution in [0.2, 0.25) is 0 Å². The Labute approximate surface area is 223 Å². The van der Waals surface area contributed by atoms with Crippen molar-refractivity contribution in [2.24, 2.45) is 5.73 Å². The monoisotopic (exact) mass is 526 g/mol. The third-order valence-electron chi connectivity index (χ3n) is 6.88. The van der Waals surface area contributed by atoms with E-state index in [-0.39, 0.29) is 17.9 Å². The van der Waals surface area contributed by atoms with Crippen LogP contribution < -0.4 is 16.0 Å². The van der Waals surface area contributed by atoms with Gasteiger partial charge in [-0.25, -0.2) is 15.0 Å². The van der Waals surface area contributed by atoms with E-state index in [1.54, 1.807) is 41.4 Å². The molecular formula is C27H26N8O4. The van der Waals surface area contributed by atoms with Gasteiger partial charge in [-0.05, 0) is 30.3 Å². The second kappa shape index (κ2) is 10.1. The van der Waals surface area contributed by atoms with Gasteiger partial charge in [0, 0.05) is 43.5 Å². The molecule has 6 rings (SSSR count). The van der Waals surface area contributed by atoms with Crippen molar-refractivity contribution >= 4 is 34.7 Å². The second-order valence-electron chi connectivity index (χ2n) is 9.46. The van der Waals surface area contributed by atoms with Gasteiger partial charge in [-0.1, -0.05) is 18.2 Å². The summed E-state index contributed by atoms with van der Waals surface area (Å²) in [5.74, 6) is 0.195. The number of primary amides is 1. The highest BCUT2D eigenvalue weighted by atomic mass is 16.5. The third kappa shape index (κ3) is 4.89. The molecule has 0 radical (unpaired) electrons. The Hall–Kier alpha value is -4.84. The number of aromatic amines is 1. The molecule has 2 saturated heterocycles. The number of hydrogen-bond donors (Lipinski definition) is 3. The highest BCUT2D eigenvalue weighted by Crippen LogP contribution is 2.24. The lowest BCUT2D eigenvalue weighted by molar-refractivity contribution is -0.00355. The highest BCUT2D eigenvalue weighted by Gasteiger charge is 2.25. The molecule has 2 aliphatic heterocycles. The summed E-state index contributed by atoms with van der Waals surface area (Å²) in [6.45, 7) is 3.12. The van der Waals surface area contributed by atoms with E-state index in [1.807, 2.05) is 23.1 Å². The molecule has 0 bridgehead atoms. The van der Waals surface area contributed by atoms with Crippen LogP contribution in [0.15, 0.2) is 54.7 Å². The van der Waals surface area contributed by atoms with E-state index in [9.17, 15) is 14.4 Å². The number of imidazole rings is 1. The molecule has 2 fully saturated rings. The number of carbonyl (C=O) groups excluding carboxylic acids is 3. The number of nitrogens with one attached hydrogen (secondary N) is 2. The van der Waals surface area contributed by atoms with Crippen molar-refractivity contribution in [2.45, 2.75) is 6.04 Å². The van der Waals surface area contributed by atoms with Crippen molar-refractivity contribution < 1.29 is 19.1 Å². The summed E-state index contributed by atoms with van der Waals surface area (Å²) in [5.41, 5.74) is 8.71. The Morgan fingerprint density at radius 2 is 1.74 bits per heavy atom. The van der Waals surface area contributed by atoms with Crippen LogP contribution in [0.25, 0.3) is 22.4 Å².